The van der Waals surface area contributed by atoms with E-state index in [-0.39, 0.29) is 18.0 Å². The van der Waals surface area contributed by atoms with Crippen LogP contribution < -0.4 is 4.74 Å². The number of likely N-dealkylation sites (N-methyl/N-ethyl adjacent to an activating group) is 1. The van der Waals surface area contributed by atoms with Crippen LogP contribution in [0.25, 0.3) is 0 Å². The molecule has 1 saturated heterocycles. The van der Waals surface area contributed by atoms with Crippen LogP contribution in [0.1, 0.15) is 26.2 Å². The smallest absolute Gasteiger partial charge is 0.410 e. The highest BCUT2D eigenvalue weighted by Gasteiger charge is 2.31. The molecule has 0 spiro atoms. The van der Waals surface area contributed by atoms with Gasteiger partial charge in [-0.1, -0.05) is 18.2 Å². The van der Waals surface area contributed by atoms with Crippen LogP contribution in [0.3, 0.4) is 0 Å². The molecule has 25 heavy (non-hydrogen) atoms. The van der Waals surface area contributed by atoms with Crippen LogP contribution in [0.15, 0.2) is 48.1 Å². The Hall–Kier alpha value is -2.14. The number of likely N-dealkylation sites (tertiary alicyclic amines) is 1. The maximum atomic E-state index is 13.0. The Morgan fingerprint density at radius 2 is 2.12 bits per heavy atom. The third-order valence-corrected chi connectivity index (χ3v) is 4.76. The third-order valence-electron chi connectivity index (χ3n) is 4.76. The molecular formula is C20H25FN2O2. The summed E-state index contributed by atoms with van der Waals surface area (Å²) in [5, 5.41) is 0. The molecule has 0 bridgehead atoms. The second kappa shape index (κ2) is 8.30. The first kappa shape index (κ1) is 17.7. The first-order valence-corrected chi connectivity index (χ1v) is 8.97. The van der Waals surface area contributed by atoms with E-state index in [0.717, 1.165) is 38.9 Å². The predicted octanol–water partition coefficient (Wildman–Crippen LogP) is 4.00. The molecule has 1 aliphatic carbocycles. The lowest BCUT2D eigenvalue weighted by Gasteiger charge is -2.27. The Bertz CT molecular complexity index is 654. The lowest BCUT2D eigenvalue weighted by Crippen LogP contribution is -2.43. The number of ether oxygens (including phenoxy) is 1. The van der Waals surface area contributed by atoms with E-state index in [1.54, 1.807) is 4.90 Å². The zero-order valence-electron chi connectivity index (χ0n) is 14.7. The average Bonchev–Trinajstić information content (AvgIpc) is 3.06. The minimum atomic E-state index is -0.363. The average molecular weight is 344 g/mol. The highest BCUT2D eigenvalue weighted by molar-refractivity contribution is 5.71. The van der Waals surface area contributed by atoms with Crippen molar-refractivity contribution in [2.75, 3.05) is 26.2 Å². The van der Waals surface area contributed by atoms with Crippen molar-refractivity contribution in [3.8, 4) is 5.75 Å². The summed E-state index contributed by atoms with van der Waals surface area (Å²) in [4.78, 5) is 16.6. The highest BCUT2D eigenvalue weighted by Crippen LogP contribution is 2.21. The summed E-state index contributed by atoms with van der Waals surface area (Å²) in [6.07, 6.45) is 9.56. The van der Waals surface area contributed by atoms with E-state index < -0.39 is 0 Å². The monoisotopic (exact) mass is 344 g/mol. The van der Waals surface area contributed by atoms with Crippen molar-refractivity contribution in [3.05, 3.63) is 53.9 Å². The summed E-state index contributed by atoms with van der Waals surface area (Å²) in [5.74, 6) is 0.0295. The molecule has 1 aromatic carbocycles. The van der Waals surface area contributed by atoms with Crippen LogP contribution in [0.5, 0.6) is 5.75 Å². The zero-order chi connectivity index (χ0) is 17.6. The Morgan fingerprint density at radius 1 is 1.32 bits per heavy atom. The van der Waals surface area contributed by atoms with E-state index in [2.05, 4.69) is 23.1 Å². The van der Waals surface area contributed by atoms with E-state index in [4.69, 9.17) is 4.74 Å². The zero-order valence-corrected chi connectivity index (χ0v) is 14.7. The van der Waals surface area contributed by atoms with E-state index in [1.165, 1.54) is 29.8 Å². The fourth-order valence-electron chi connectivity index (χ4n) is 3.45. The van der Waals surface area contributed by atoms with Crippen LogP contribution in [0.4, 0.5) is 9.18 Å². The molecule has 134 valence electrons. The number of benzene rings is 1. The molecule has 0 saturated carbocycles. The number of hydrogen-bond donors (Lipinski definition) is 0. The minimum absolute atomic E-state index is 0.158. The molecule has 1 atom stereocenters. The number of carbonyl (C=O) groups is 1. The van der Waals surface area contributed by atoms with Crippen molar-refractivity contribution < 1.29 is 13.9 Å². The SMILES string of the molecule is CCN(C(=O)Oc1ccc(F)cc1)C1CCN(CC2=CCCC=C2)C1. The number of nitrogens with zero attached hydrogens (tertiary/aromatic N) is 2. The lowest BCUT2D eigenvalue weighted by molar-refractivity contribution is 0.135. The van der Waals surface area contributed by atoms with Crippen LogP contribution in [0.2, 0.25) is 0 Å². The topological polar surface area (TPSA) is 32.8 Å². The van der Waals surface area contributed by atoms with Gasteiger partial charge in [-0.2, -0.15) is 0 Å². The van der Waals surface area contributed by atoms with Crippen LogP contribution >= 0.6 is 0 Å². The second-order valence-electron chi connectivity index (χ2n) is 6.54. The first-order valence-electron chi connectivity index (χ1n) is 8.97. The number of allylic oxidation sites excluding steroid dienone is 2. The third kappa shape index (κ3) is 4.69. The van der Waals surface area contributed by atoms with Crippen molar-refractivity contribution in [1.82, 2.24) is 9.80 Å². The van der Waals surface area contributed by atoms with Crippen molar-refractivity contribution in [1.29, 1.82) is 0 Å². The Balaban J connectivity index is 1.55. The quantitative estimate of drug-likeness (QED) is 0.809. The summed E-state index contributed by atoms with van der Waals surface area (Å²) in [7, 11) is 0. The minimum Gasteiger partial charge on any atom is -0.410 e. The van der Waals surface area contributed by atoms with Gasteiger partial charge in [-0.05, 0) is 56.0 Å². The van der Waals surface area contributed by atoms with Gasteiger partial charge in [-0.3, -0.25) is 4.90 Å². The molecular weight excluding hydrogens is 319 g/mol. The maximum absolute atomic E-state index is 13.0. The number of rotatable bonds is 5. The first-order chi connectivity index (χ1) is 12.2. The molecule has 1 amide bonds. The Morgan fingerprint density at radius 3 is 2.80 bits per heavy atom. The van der Waals surface area contributed by atoms with Crippen LogP contribution in [-0.4, -0.2) is 48.1 Å². The van der Waals surface area contributed by atoms with Gasteiger partial charge in [0.2, 0.25) is 0 Å². The Kier molecular flexibility index (Phi) is 5.87. The molecule has 0 radical (unpaired) electrons. The van der Waals surface area contributed by atoms with Crippen LogP contribution in [-0.2, 0) is 0 Å². The van der Waals surface area contributed by atoms with Gasteiger partial charge in [0.15, 0.2) is 0 Å². The van der Waals surface area contributed by atoms with Gasteiger partial charge in [0.05, 0.1) is 0 Å². The van der Waals surface area contributed by atoms with Gasteiger partial charge in [-0.15, -0.1) is 0 Å². The van der Waals surface area contributed by atoms with Gasteiger partial charge in [0.25, 0.3) is 0 Å². The van der Waals surface area contributed by atoms with Crippen molar-refractivity contribution >= 4 is 6.09 Å². The van der Waals surface area contributed by atoms with E-state index >= 15 is 0 Å². The molecule has 1 aromatic rings. The molecule has 4 nitrogen and oxygen atoms in total. The van der Waals surface area contributed by atoms with Crippen LogP contribution in [0, 0.1) is 5.82 Å². The lowest BCUT2D eigenvalue weighted by atomic mass is 10.1. The number of halogens is 1. The van der Waals surface area contributed by atoms with Gasteiger partial charge < -0.3 is 9.64 Å². The fourth-order valence-corrected chi connectivity index (χ4v) is 3.45. The Labute approximate surface area is 148 Å². The van der Waals surface area contributed by atoms with E-state index in [9.17, 15) is 9.18 Å². The highest BCUT2D eigenvalue weighted by atomic mass is 19.1. The molecule has 1 aliphatic heterocycles. The molecule has 0 N–H and O–H groups in total. The number of amides is 1. The second-order valence-corrected chi connectivity index (χ2v) is 6.54. The molecule has 1 fully saturated rings. The molecule has 5 heteroatoms. The summed E-state index contributed by atoms with van der Waals surface area (Å²) in [6, 6.07) is 5.70. The molecule has 0 aromatic heterocycles. The van der Waals surface area contributed by atoms with Crippen molar-refractivity contribution in [2.45, 2.75) is 32.2 Å². The predicted molar refractivity (Wildman–Crippen MR) is 96.1 cm³/mol. The van der Waals surface area contributed by atoms with Gasteiger partial charge in [0, 0.05) is 32.2 Å². The van der Waals surface area contributed by atoms with Crippen molar-refractivity contribution in [2.24, 2.45) is 0 Å². The fraction of sp³-hybridized carbons (Fsp3) is 0.450. The molecule has 1 unspecified atom stereocenters. The summed E-state index contributed by atoms with van der Waals surface area (Å²) in [6.45, 7) is 5.34. The number of hydrogen-bond acceptors (Lipinski definition) is 3. The number of carbonyl (C=O) groups excluding carboxylic acids is 1. The molecule has 1 heterocycles. The molecule has 2 aliphatic rings. The standard InChI is InChI=1S/C20H25FN2O2/c1-2-23(20(24)25-19-10-8-17(21)9-11-19)18-12-13-22(15-18)14-16-6-4-3-5-7-16/h4,6-11,18H,2-3,5,12-15H2,1H3. The maximum Gasteiger partial charge on any atom is 0.415 e. The van der Waals surface area contributed by atoms with E-state index in [0.29, 0.717) is 12.3 Å². The summed E-state index contributed by atoms with van der Waals surface area (Å²) < 4.78 is 18.4. The summed E-state index contributed by atoms with van der Waals surface area (Å²) >= 11 is 0. The summed E-state index contributed by atoms with van der Waals surface area (Å²) in [5.41, 5.74) is 1.36. The van der Waals surface area contributed by atoms with E-state index in [1.807, 2.05) is 6.92 Å². The largest absolute Gasteiger partial charge is 0.415 e. The molecule has 3 rings (SSSR count). The normalized spacial score (nSPS) is 20.4. The van der Waals surface area contributed by atoms with Gasteiger partial charge in [-0.25, -0.2) is 9.18 Å². The van der Waals surface area contributed by atoms with Crippen molar-refractivity contribution in [3.63, 3.8) is 0 Å². The van der Waals surface area contributed by atoms with Gasteiger partial charge in [0.1, 0.15) is 11.6 Å². The van der Waals surface area contributed by atoms with Gasteiger partial charge >= 0.3 is 6.09 Å².